The van der Waals surface area contributed by atoms with Gasteiger partial charge in [0.15, 0.2) is 0 Å². The molecule has 1 aliphatic heterocycles. The molecule has 0 N–H and O–H groups in total. The smallest absolute Gasteiger partial charge is 0.311 e. The number of hydrogen-bond donors (Lipinski definition) is 0. The van der Waals surface area contributed by atoms with Crippen LogP contribution in [-0.2, 0) is 11.2 Å². The van der Waals surface area contributed by atoms with Crippen molar-refractivity contribution in [3.05, 3.63) is 108 Å². The van der Waals surface area contributed by atoms with Crippen molar-refractivity contribution in [1.82, 2.24) is 9.80 Å². The number of carbonyl (C=O) groups excluding carboxylic acids is 2. The molecule has 0 saturated carbocycles. The van der Waals surface area contributed by atoms with Gasteiger partial charge in [-0.05, 0) is 30.5 Å². The number of nitrogens with zero attached hydrogens (tertiary/aromatic N) is 2. The SMILES string of the molecule is CC(C)N1C(=O)C(Cc2ccccc2)N(CC(c2ccccc2)c2ccccc2)C1=O. The van der Waals surface area contributed by atoms with Crippen molar-refractivity contribution >= 4 is 11.9 Å². The molecule has 0 spiro atoms. The van der Waals surface area contributed by atoms with E-state index >= 15 is 0 Å². The monoisotopic (exact) mass is 412 g/mol. The second-order valence-corrected chi connectivity index (χ2v) is 8.32. The number of benzene rings is 3. The van der Waals surface area contributed by atoms with E-state index in [1.54, 1.807) is 4.90 Å². The van der Waals surface area contributed by atoms with Gasteiger partial charge in [0.25, 0.3) is 5.91 Å². The molecule has 1 aliphatic rings. The predicted octanol–water partition coefficient (Wildman–Crippen LogP) is 5.10. The minimum absolute atomic E-state index is 0.00969. The van der Waals surface area contributed by atoms with Crippen LogP contribution in [0, 0.1) is 0 Å². The fourth-order valence-electron chi connectivity index (χ4n) is 4.35. The standard InChI is InChI=1S/C27H28N2O2/c1-20(2)29-26(30)25(18-21-12-6-3-7-13-21)28(27(29)31)19-24(22-14-8-4-9-15-22)23-16-10-5-11-17-23/h3-17,20,24-25H,18-19H2,1-2H3. The fraction of sp³-hybridized carbons (Fsp3) is 0.259. The van der Waals surface area contributed by atoms with Crippen molar-refractivity contribution in [2.75, 3.05) is 6.54 Å². The van der Waals surface area contributed by atoms with E-state index in [1.165, 1.54) is 4.90 Å². The zero-order valence-corrected chi connectivity index (χ0v) is 18.0. The first-order valence-electron chi connectivity index (χ1n) is 10.8. The summed E-state index contributed by atoms with van der Waals surface area (Å²) in [6.45, 7) is 4.24. The van der Waals surface area contributed by atoms with E-state index in [9.17, 15) is 9.59 Å². The van der Waals surface area contributed by atoms with Crippen molar-refractivity contribution in [3.8, 4) is 0 Å². The van der Waals surface area contributed by atoms with Crippen LogP contribution in [-0.4, -0.2) is 40.4 Å². The average Bonchev–Trinajstić information content (AvgIpc) is 3.03. The lowest BCUT2D eigenvalue weighted by Crippen LogP contribution is -2.40. The van der Waals surface area contributed by atoms with Crippen LogP contribution in [0.4, 0.5) is 4.79 Å². The Balaban J connectivity index is 1.70. The topological polar surface area (TPSA) is 40.6 Å². The molecule has 4 heteroatoms. The lowest BCUT2D eigenvalue weighted by atomic mass is 9.90. The van der Waals surface area contributed by atoms with Gasteiger partial charge in [0.05, 0.1) is 0 Å². The average molecular weight is 413 g/mol. The van der Waals surface area contributed by atoms with E-state index in [2.05, 4.69) is 24.3 Å². The maximum absolute atomic E-state index is 13.4. The van der Waals surface area contributed by atoms with Gasteiger partial charge in [-0.3, -0.25) is 9.69 Å². The summed E-state index contributed by atoms with van der Waals surface area (Å²) in [6.07, 6.45) is 0.519. The van der Waals surface area contributed by atoms with Crippen LogP contribution in [0.2, 0.25) is 0 Å². The van der Waals surface area contributed by atoms with Gasteiger partial charge in [-0.1, -0.05) is 91.0 Å². The number of amides is 3. The molecule has 1 unspecified atom stereocenters. The van der Waals surface area contributed by atoms with Gasteiger partial charge in [0.1, 0.15) is 6.04 Å². The fourth-order valence-corrected chi connectivity index (χ4v) is 4.35. The van der Waals surface area contributed by atoms with Crippen molar-refractivity contribution in [1.29, 1.82) is 0 Å². The highest BCUT2D eigenvalue weighted by molar-refractivity contribution is 6.04. The summed E-state index contributed by atoms with van der Waals surface area (Å²) in [5, 5.41) is 0. The van der Waals surface area contributed by atoms with Gasteiger partial charge in [-0.2, -0.15) is 0 Å². The van der Waals surface area contributed by atoms with Crippen LogP contribution >= 0.6 is 0 Å². The second-order valence-electron chi connectivity index (χ2n) is 8.32. The van der Waals surface area contributed by atoms with E-state index in [4.69, 9.17) is 0 Å². The minimum Gasteiger partial charge on any atom is -0.311 e. The molecule has 158 valence electrons. The molecule has 4 nitrogen and oxygen atoms in total. The maximum atomic E-state index is 13.4. The Kier molecular flexibility index (Phi) is 6.17. The Morgan fingerprint density at radius 3 is 1.71 bits per heavy atom. The number of imide groups is 1. The molecule has 3 amide bonds. The van der Waals surface area contributed by atoms with Gasteiger partial charge in [-0.25, -0.2) is 4.79 Å². The van der Waals surface area contributed by atoms with Gasteiger partial charge < -0.3 is 4.90 Å². The molecular formula is C27H28N2O2. The minimum atomic E-state index is -0.493. The van der Waals surface area contributed by atoms with Gasteiger partial charge in [0, 0.05) is 24.9 Å². The summed E-state index contributed by atoms with van der Waals surface area (Å²) in [5.41, 5.74) is 3.33. The Morgan fingerprint density at radius 1 is 0.742 bits per heavy atom. The van der Waals surface area contributed by atoms with E-state index in [0.29, 0.717) is 13.0 Å². The number of urea groups is 1. The summed E-state index contributed by atoms with van der Waals surface area (Å²) < 4.78 is 0. The number of rotatable bonds is 7. The van der Waals surface area contributed by atoms with Crippen molar-refractivity contribution in [2.24, 2.45) is 0 Å². The van der Waals surface area contributed by atoms with E-state index in [0.717, 1.165) is 16.7 Å². The Bertz CT molecular complexity index is 979. The normalized spacial score (nSPS) is 16.6. The van der Waals surface area contributed by atoms with Crippen molar-refractivity contribution in [3.63, 3.8) is 0 Å². The zero-order valence-electron chi connectivity index (χ0n) is 18.0. The van der Waals surface area contributed by atoms with Crippen LogP contribution in [0.25, 0.3) is 0 Å². The second kappa shape index (κ2) is 9.17. The largest absolute Gasteiger partial charge is 0.327 e. The van der Waals surface area contributed by atoms with Gasteiger partial charge in [-0.15, -0.1) is 0 Å². The molecule has 1 fully saturated rings. The highest BCUT2D eigenvalue weighted by Gasteiger charge is 2.46. The summed E-state index contributed by atoms with van der Waals surface area (Å²) in [7, 11) is 0. The highest BCUT2D eigenvalue weighted by atomic mass is 16.2. The molecule has 1 atom stereocenters. The molecule has 0 bridgehead atoms. The third-order valence-electron chi connectivity index (χ3n) is 5.92. The maximum Gasteiger partial charge on any atom is 0.327 e. The molecule has 0 radical (unpaired) electrons. The summed E-state index contributed by atoms with van der Waals surface area (Å²) >= 11 is 0. The molecule has 1 saturated heterocycles. The van der Waals surface area contributed by atoms with E-state index < -0.39 is 6.04 Å². The summed E-state index contributed by atoms with van der Waals surface area (Å²) in [4.78, 5) is 29.9. The summed E-state index contributed by atoms with van der Waals surface area (Å²) in [6, 6.07) is 29.5. The van der Waals surface area contributed by atoms with Crippen LogP contribution in [0.1, 0.15) is 36.5 Å². The Hall–Kier alpha value is -3.40. The number of hydrogen-bond acceptors (Lipinski definition) is 2. The van der Waals surface area contributed by atoms with Gasteiger partial charge in [0.2, 0.25) is 0 Å². The summed E-state index contributed by atoms with van der Waals surface area (Å²) in [5.74, 6) is -0.117. The van der Waals surface area contributed by atoms with Crippen LogP contribution in [0.15, 0.2) is 91.0 Å². The molecule has 3 aromatic rings. The first-order chi connectivity index (χ1) is 15.1. The molecule has 1 heterocycles. The molecule has 0 aromatic heterocycles. The van der Waals surface area contributed by atoms with E-state index in [1.807, 2.05) is 80.6 Å². The molecular weight excluding hydrogens is 384 g/mol. The third kappa shape index (κ3) is 4.38. The predicted molar refractivity (Wildman–Crippen MR) is 123 cm³/mol. The molecule has 31 heavy (non-hydrogen) atoms. The lowest BCUT2D eigenvalue weighted by Gasteiger charge is -2.28. The third-order valence-corrected chi connectivity index (χ3v) is 5.92. The first kappa shape index (κ1) is 20.9. The van der Waals surface area contributed by atoms with E-state index in [-0.39, 0.29) is 23.9 Å². The number of carbonyl (C=O) groups is 2. The van der Waals surface area contributed by atoms with Crippen LogP contribution < -0.4 is 0 Å². The van der Waals surface area contributed by atoms with Crippen LogP contribution in [0.3, 0.4) is 0 Å². The lowest BCUT2D eigenvalue weighted by molar-refractivity contribution is -0.129. The highest BCUT2D eigenvalue weighted by Crippen LogP contribution is 2.31. The first-order valence-corrected chi connectivity index (χ1v) is 10.8. The quantitative estimate of drug-likeness (QED) is 0.507. The zero-order chi connectivity index (χ0) is 21.8. The molecule has 4 rings (SSSR count). The molecule has 3 aromatic carbocycles. The van der Waals surface area contributed by atoms with Crippen LogP contribution in [0.5, 0.6) is 0 Å². The molecule has 0 aliphatic carbocycles. The Labute approximate surface area is 184 Å². The van der Waals surface area contributed by atoms with Crippen molar-refractivity contribution in [2.45, 2.75) is 38.3 Å². The van der Waals surface area contributed by atoms with Crippen molar-refractivity contribution < 1.29 is 9.59 Å². The Morgan fingerprint density at radius 2 is 1.23 bits per heavy atom. The van der Waals surface area contributed by atoms with Gasteiger partial charge >= 0.3 is 6.03 Å².